The molecule has 0 saturated heterocycles. The highest BCUT2D eigenvalue weighted by molar-refractivity contribution is 7.16. The molecular formula is C25H21ClN2O3S. The van der Waals surface area contributed by atoms with E-state index in [1.807, 2.05) is 66.7 Å². The number of nitrogens with zero attached hydrogens (tertiary/aromatic N) is 2. The van der Waals surface area contributed by atoms with E-state index in [1.54, 1.807) is 23.6 Å². The van der Waals surface area contributed by atoms with Crippen molar-refractivity contribution >= 4 is 45.0 Å². The number of rotatable bonds is 6. The van der Waals surface area contributed by atoms with Gasteiger partial charge in [0.2, 0.25) is 0 Å². The van der Waals surface area contributed by atoms with Crippen molar-refractivity contribution < 1.29 is 14.3 Å². The zero-order chi connectivity index (χ0) is 22.5. The Morgan fingerprint density at radius 2 is 1.62 bits per heavy atom. The van der Waals surface area contributed by atoms with Crippen LogP contribution in [0.2, 0.25) is 5.02 Å². The van der Waals surface area contributed by atoms with Crippen LogP contribution in [-0.2, 0) is 20.9 Å². The standard InChI is InChI=1S/C25H21ClN2O3S/c1-2-31-22(29)16-28-20-14-13-19(26)15-21(20)32-25(28)27-24(30)23(17-9-5-3-6-10-17)18-11-7-4-8-12-18/h3-15,23H,2,16H2,1H3. The van der Waals surface area contributed by atoms with Gasteiger partial charge >= 0.3 is 5.97 Å². The van der Waals surface area contributed by atoms with E-state index in [9.17, 15) is 9.59 Å². The minimum atomic E-state index is -0.553. The lowest BCUT2D eigenvalue weighted by atomic mass is 9.91. The van der Waals surface area contributed by atoms with Crippen LogP contribution >= 0.6 is 22.9 Å². The molecule has 0 saturated carbocycles. The zero-order valence-electron chi connectivity index (χ0n) is 17.4. The van der Waals surface area contributed by atoms with Gasteiger partial charge in [-0.05, 0) is 36.2 Å². The number of hydrogen-bond donors (Lipinski definition) is 0. The summed E-state index contributed by atoms with van der Waals surface area (Å²) in [4.78, 5) is 30.7. The number of carbonyl (C=O) groups excluding carboxylic acids is 2. The van der Waals surface area contributed by atoms with Crippen LogP contribution in [0, 0.1) is 0 Å². The van der Waals surface area contributed by atoms with Crippen molar-refractivity contribution in [3.8, 4) is 0 Å². The number of amides is 1. The third-order valence-electron chi connectivity index (χ3n) is 4.96. The maximum atomic E-state index is 13.5. The molecule has 7 heteroatoms. The number of benzene rings is 3. The first-order valence-electron chi connectivity index (χ1n) is 10.2. The molecule has 0 atom stereocenters. The third kappa shape index (κ3) is 4.82. The summed E-state index contributed by atoms with van der Waals surface area (Å²) in [6, 6.07) is 24.5. The van der Waals surface area contributed by atoms with E-state index in [2.05, 4.69) is 4.99 Å². The van der Waals surface area contributed by atoms with Crippen LogP contribution in [0.1, 0.15) is 24.0 Å². The Bertz CT molecular complexity index is 1270. The molecule has 4 aromatic rings. The molecule has 4 rings (SSSR count). The Morgan fingerprint density at radius 3 is 2.22 bits per heavy atom. The Kier molecular flexibility index (Phi) is 6.83. The summed E-state index contributed by atoms with van der Waals surface area (Å²) < 4.78 is 7.67. The molecule has 0 aliphatic heterocycles. The molecule has 3 aromatic carbocycles. The van der Waals surface area contributed by atoms with Crippen molar-refractivity contribution in [3.63, 3.8) is 0 Å². The number of halogens is 1. The normalized spacial score (nSPS) is 11.8. The summed E-state index contributed by atoms with van der Waals surface area (Å²) in [6.45, 7) is 2.00. The van der Waals surface area contributed by atoms with Gasteiger partial charge in [-0.3, -0.25) is 9.59 Å². The summed E-state index contributed by atoms with van der Waals surface area (Å²) in [5.74, 6) is -1.25. The van der Waals surface area contributed by atoms with Crippen LogP contribution in [0.15, 0.2) is 83.9 Å². The van der Waals surface area contributed by atoms with Crippen LogP contribution in [0.25, 0.3) is 10.2 Å². The average Bonchev–Trinajstić information content (AvgIpc) is 3.11. The van der Waals surface area contributed by atoms with Gasteiger partial charge in [-0.1, -0.05) is 83.6 Å². The Balaban J connectivity index is 1.84. The maximum absolute atomic E-state index is 13.5. The zero-order valence-corrected chi connectivity index (χ0v) is 19.0. The lowest BCUT2D eigenvalue weighted by molar-refractivity contribution is -0.143. The van der Waals surface area contributed by atoms with Crippen LogP contribution < -0.4 is 4.80 Å². The maximum Gasteiger partial charge on any atom is 0.326 e. The number of thiazole rings is 1. The van der Waals surface area contributed by atoms with Gasteiger partial charge < -0.3 is 9.30 Å². The van der Waals surface area contributed by atoms with Crippen molar-refractivity contribution in [1.82, 2.24) is 4.57 Å². The van der Waals surface area contributed by atoms with Crippen LogP contribution in [0.5, 0.6) is 0 Å². The number of aromatic nitrogens is 1. The van der Waals surface area contributed by atoms with Crippen molar-refractivity contribution in [1.29, 1.82) is 0 Å². The third-order valence-corrected chi connectivity index (χ3v) is 6.23. The van der Waals surface area contributed by atoms with Gasteiger partial charge in [-0.2, -0.15) is 4.99 Å². The van der Waals surface area contributed by atoms with Gasteiger partial charge in [0.05, 0.1) is 22.7 Å². The van der Waals surface area contributed by atoms with Gasteiger partial charge in [0.15, 0.2) is 4.80 Å². The predicted molar refractivity (Wildman–Crippen MR) is 127 cm³/mol. The number of ether oxygens (including phenoxy) is 1. The Morgan fingerprint density at radius 1 is 1.00 bits per heavy atom. The summed E-state index contributed by atoms with van der Waals surface area (Å²) in [5, 5.41) is 0.575. The summed E-state index contributed by atoms with van der Waals surface area (Å²) in [5.41, 5.74) is 2.48. The summed E-state index contributed by atoms with van der Waals surface area (Å²) in [7, 11) is 0. The Labute approximate surface area is 194 Å². The topological polar surface area (TPSA) is 60.7 Å². The molecule has 1 aromatic heterocycles. The first-order chi connectivity index (χ1) is 15.6. The minimum absolute atomic E-state index is 0.0388. The van der Waals surface area contributed by atoms with Crippen molar-refractivity contribution in [2.75, 3.05) is 6.61 Å². The quantitative estimate of drug-likeness (QED) is 0.369. The van der Waals surface area contributed by atoms with E-state index in [1.165, 1.54) is 11.3 Å². The molecule has 162 valence electrons. The van der Waals surface area contributed by atoms with Crippen molar-refractivity contribution in [2.24, 2.45) is 4.99 Å². The van der Waals surface area contributed by atoms with Gasteiger partial charge in [0.25, 0.3) is 5.91 Å². The fourth-order valence-corrected chi connectivity index (χ4v) is 4.86. The largest absolute Gasteiger partial charge is 0.465 e. The van der Waals surface area contributed by atoms with E-state index >= 15 is 0 Å². The molecule has 0 bridgehead atoms. The smallest absolute Gasteiger partial charge is 0.326 e. The molecule has 0 radical (unpaired) electrons. The molecular weight excluding hydrogens is 444 g/mol. The molecule has 5 nitrogen and oxygen atoms in total. The second-order valence-electron chi connectivity index (χ2n) is 7.09. The molecule has 0 spiro atoms. The monoisotopic (exact) mass is 464 g/mol. The molecule has 0 aliphatic rings. The SMILES string of the molecule is CCOC(=O)Cn1c(=NC(=O)C(c2ccccc2)c2ccccc2)sc2cc(Cl)ccc21. The molecule has 0 N–H and O–H groups in total. The second kappa shape index (κ2) is 9.94. The highest BCUT2D eigenvalue weighted by Gasteiger charge is 2.23. The minimum Gasteiger partial charge on any atom is -0.465 e. The highest BCUT2D eigenvalue weighted by atomic mass is 35.5. The van der Waals surface area contributed by atoms with E-state index in [0.717, 1.165) is 21.3 Å². The molecule has 0 unspecified atom stereocenters. The van der Waals surface area contributed by atoms with E-state index < -0.39 is 11.9 Å². The van der Waals surface area contributed by atoms with Gasteiger partial charge in [-0.15, -0.1) is 0 Å². The highest BCUT2D eigenvalue weighted by Crippen LogP contribution is 2.27. The molecule has 32 heavy (non-hydrogen) atoms. The molecule has 0 aliphatic carbocycles. The van der Waals surface area contributed by atoms with E-state index in [-0.39, 0.29) is 19.1 Å². The second-order valence-corrected chi connectivity index (χ2v) is 8.54. The number of fused-ring (bicyclic) bond motifs is 1. The van der Waals surface area contributed by atoms with Gasteiger partial charge in [-0.25, -0.2) is 0 Å². The van der Waals surface area contributed by atoms with Crippen LogP contribution in [-0.4, -0.2) is 23.1 Å². The molecule has 0 fully saturated rings. The lowest BCUT2D eigenvalue weighted by Gasteiger charge is -2.14. The first kappa shape index (κ1) is 22.0. The molecule has 1 amide bonds. The number of esters is 1. The summed E-state index contributed by atoms with van der Waals surface area (Å²) in [6.07, 6.45) is 0. The average molecular weight is 465 g/mol. The lowest BCUT2D eigenvalue weighted by Crippen LogP contribution is -2.24. The first-order valence-corrected chi connectivity index (χ1v) is 11.4. The summed E-state index contributed by atoms with van der Waals surface area (Å²) >= 11 is 7.48. The van der Waals surface area contributed by atoms with Crippen LogP contribution in [0.4, 0.5) is 0 Å². The van der Waals surface area contributed by atoms with E-state index in [4.69, 9.17) is 16.3 Å². The fourth-order valence-electron chi connectivity index (χ4n) is 3.55. The van der Waals surface area contributed by atoms with Crippen molar-refractivity contribution in [2.45, 2.75) is 19.4 Å². The van der Waals surface area contributed by atoms with Gasteiger partial charge in [0, 0.05) is 5.02 Å². The number of hydrogen-bond acceptors (Lipinski definition) is 4. The molecule has 1 heterocycles. The fraction of sp³-hybridized carbons (Fsp3) is 0.160. The van der Waals surface area contributed by atoms with Crippen LogP contribution in [0.3, 0.4) is 0 Å². The van der Waals surface area contributed by atoms with Gasteiger partial charge in [0.1, 0.15) is 6.54 Å². The Hall–Kier alpha value is -3.22. The predicted octanol–water partition coefficient (Wildman–Crippen LogP) is 5.18. The number of carbonyl (C=O) groups is 2. The van der Waals surface area contributed by atoms with E-state index in [0.29, 0.717) is 9.82 Å². The van der Waals surface area contributed by atoms with Crippen molar-refractivity contribution in [3.05, 3.63) is 99.8 Å².